The summed E-state index contributed by atoms with van der Waals surface area (Å²) in [7, 11) is 0. The van der Waals surface area contributed by atoms with Crippen LogP contribution in [0.1, 0.15) is 44.6 Å². The maximum atomic E-state index is 10.0. The van der Waals surface area contributed by atoms with Gasteiger partial charge in [-0.1, -0.05) is 37.6 Å². The second kappa shape index (κ2) is 4.38. The highest BCUT2D eigenvalue weighted by Gasteiger charge is 2.52. The zero-order chi connectivity index (χ0) is 11.8. The van der Waals surface area contributed by atoms with Gasteiger partial charge in [0.2, 0.25) is 0 Å². The van der Waals surface area contributed by atoms with Gasteiger partial charge in [-0.3, -0.25) is 0 Å². The second-order valence-corrected chi connectivity index (χ2v) is 5.24. The third-order valence-corrected chi connectivity index (χ3v) is 4.62. The fourth-order valence-corrected chi connectivity index (χ4v) is 3.37. The Morgan fingerprint density at radius 1 is 1.38 bits per heavy atom. The summed E-state index contributed by atoms with van der Waals surface area (Å²) in [4.78, 5) is 0. The van der Waals surface area contributed by atoms with Crippen LogP contribution in [0.25, 0.3) is 0 Å². The predicted octanol–water partition coefficient (Wildman–Crippen LogP) is 3.99. The van der Waals surface area contributed by atoms with Gasteiger partial charge in [0.05, 0.1) is 6.10 Å². The maximum Gasteiger partial charge on any atom is 0.0608 e. The molecule has 1 N–H and O–H groups in total. The monoisotopic (exact) mass is 238 g/mol. The molecule has 2 rings (SSSR count). The number of hydrogen-bond acceptors (Lipinski definition) is 1. The minimum Gasteiger partial charge on any atom is -0.393 e. The molecule has 1 aliphatic carbocycles. The van der Waals surface area contributed by atoms with Gasteiger partial charge in [0.1, 0.15) is 0 Å². The lowest BCUT2D eigenvalue weighted by molar-refractivity contribution is -0.0931. The average molecular weight is 239 g/mol. The number of halogens is 1. The van der Waals surface area contributed by atoms with Crippen molar-refractivity contribution in [2.75, 3.05) is 0 Å². The highest BCUT2D eigenvalue weighted by molar-refractivity contribution is 6.30. The Labute approximate surface area is 102 Å². The predicted molar refractivity (Wildman–Crippen MR) is 67.8 cm³/mol. The van der Waals surface area contributed by atoms with Crippen LogP contribution in [-0.4, -0.2) is 11.2 Å². The van der Waals surface area contributed by atoms with Gasteiger partial charge in [-0.05, 0) is 42.9 Å². The molecule has 1 aromatic carbocycles. The van der Waals surface area contributed by atoms with Crippen molar-refractivity contribution in [2.45, 2.75) is 45.1 Å². The summed E-state index contributed by atoms with van der Waals surface area (Å²) in [5, 5.41) is 10.8. The zero-order valence-corrected chi connectivity index (χ0v) is 10.7. The van der Waals surface area contributed by atoms with Gasteiger partial charge in [-0.15, -0.1) is 0 Å². The summed E-state index contributed by atoms with van der Waals surface area (Å²) in [5.41, 5.74) is 1.35. The van der Waals surface area contributed by atoms with Crippen LogP contribution in [0.15, 0.2) is 24.3 Å². The number of aliphatic hydroxyl groups excluding tert-OH is 1. The Bertz CT molecular complexity index is 371. The number of benzene rings is 1. The molecular formula is C14H19ClO. The van der Waals surface area contributed by atoms with Crippen LogP contribution < -0.4 is 0 Å². The quantitative estimate of drug-likeness (QED) is 0.844. The van der Waals surface area contributed by atoms with E-state index in [0.717, 1.165) is 24.3 Å². The first-order chi connectivity index (χ1) is 7.64. The lowest BCUT2D eigenvalue weighted by atomic mass is 9.53. The van der Waals surface area contributed by atoms with Crippen molar-refractivity contribution in [3.05, 3.63) is 34.9 Å². The van der Waals surface area contributed by atoms with Crippen molar-refractivity contribution in [1.82, 2.24) is 0 Å². The van der Waals surface area contributed by atoms with E-state index in [9.17, 15) is 5.11 Å². The fraction of sp³-hybridized carbons (Fsp3) is 0.571. The van der Waals surface area contributed by atoms with Crippen LogP contribution in [0, 0.1) is 5.41 Å². The minimum absolute atomic E-state index is 0.0741. The molecule has 0 aliphatic heterocycles. The third-order valence-electron chi connectivity index (χ3n) is 4.38. The molecule has 0 saturated heterocycles. The van der Waals surface area contributed by atoms with Crippen LogP contribution >= 0.6 is 11.6 Å². The summed E-state index contributed by atoms with van der Waals surface area (Å²) >= 11 is 6.02. The van der Waals surface area contributed by atoms with E-state index in [1.807, 2.05) is 18.2 Å². The SMILES string of the molecule is CCC1(CC)C(O)CC1c1cccc(Cl)c1. The number of hydrogen-bond donors (Lipinski definition) is 1. The number of aliphatic hydroxyl groups is 1. The first-order valence-electron chi connectivity index (χ1n) is 6.07. The van der Waals surface area contributed by atoms with Crippen molar-refractivity contribution in [2.24, 2.45) is 5.41 Å². The molecule has 1 nitrogen and oxygen atoms in total. The van der Waals surface area contributed by atoms with Crippen LogP contribution in [0.3, 0.4) is 0 Å². The second-order valence-electron chi connectivity index (χ2n) is 4.80. The molecule has 1 aromatic rings. The Hall–Kier alpha value is -0.530. The van der Waals surface area contributed by atoms with Crippen molar-refractivity contribution in [1.29, 1.82) is 0 Å². The molecule has 2 heteroatoms. The van der Waals surface area contributed by atoms with Crippen molar-refractivity contribution >= 4 is 11.6 Å². The van der Waals surface area contributed by atoms with E-state index in [1.165, 1.54) is 5.56 Å². The largest absolute Gasteiger partial charge is 0.393 e. The highest BCUT2D eigenvalue weighted by Crippen LogP contribution is 2.57. The molecule has 0 bridgehead atoms. The van der Waals surface area contributed by atoms with Crippen molar-refractivity contribution in [3.63, 3.8) is 0 Å². The summed E-state index contributed by atoms with van der Waals surface area (Å²) in [6.07, 6.45) is 2.79. The van der Waals surface area contributed by atoms with Gasteiger partial charge < -0.3 is 5.11 Å². The third kappa shape index (κ3) is 1.66. The van der Waals surface area contributed by atoms with Gasteiger partial charge in [0, 0.05) is 10.4 Å². The van der Waals surface area contributed by atoms with Gasteiger partial charge in [0.15, 0.2) is 0 Å². The van der Waals surface area contributed by atoms with Gasteiger partial charge >= 0.3 is 0 Å². The van der Waals surface area contributed by atoms with E-state index in [2.05, 4.69) is 19.9 Å². The molecule has 1 saturated carbocycles. The van der Waals surface area contributed by atoms with E-state index < -0.39 is 0 Å². The lowest BCUT2D eigenvalue weighted by Crippen LogP contribution is -2.50. The van der Waals surface area contributed by atoms with Crippen LogP contribution in [-0.2, 0) is 0 Å². The van der Waals surface area contributed by atoms with Crippen molar-refractivity contribution < 1.29 is 5.11 Å². The minimum atomic E-state index is -0.147. The van der Waals surface area contributed by atoms with Crippen LogP contribution in [0.5, 0.6) is 0 Å². The first-order valence-corrected chi connectivity index (χ1v) is 6.45. The highest BCUT2D eigenvalue weighted by atomic mass is 35.5. The van der Waals surface area contributed by atoms with Gasteiger partial charge in [-0.25, -0.2) is 0 Å². The molecule has 16 heavy (non-hydrogen) atoms. The van der Waals surface area contributed by atoms with Gasteiger partial charge in [0.25, 0.3) is 0 Å². The molecule has 0 heterocycles. The van der Waals surface area contributed by atoms with E-state index in [0.29, 0.717) is 5.92 Å². The van der Waals surface area contributed by atoms with E-state index in [1.54, 1.807) is 0 Å². The van der Waals surface area contributed by atoms with Crippen molar-refractivity contribution in [3.8, 4) is 0 Å². The molecule has 2 unspecified atom stereocenters. The standard InChI is InChI=1S/C14H19ClO/c1-3-14(4-2)12(9-13(14)16)10-6-5-7-11(15)8-10/h5-8,12-13,16H,3-4,9H2,1-2H3. The molecule has 0 radical (unpaired) electrons. The molecule has 0 spiro atoms. The van der Waals surface area contributed by atoms with E-state index >= 15 is 0 Å². The lowest BCUT2D eigenvalue weighted by Gasteiger charge is -2.54. The van der Waals surface area contributed by atoms with Gasteiger partial charge in [-0.2, -0.15) is 0 Å². The normalized spacial score (nSPS) is 27.5. The van der Waals surface area contributed by atoms with Crippen LogP contribution in [0.4, 0.5) is 0 Å². The molecule has 1 aliphatic rings. The maximum absolute atomic E-state index is 10.0. The number of rotatable bonds is 3. The zero-order valence-electron chi connectivity index (χ0n) is 9.91. The Morgan fingerprint density at radius 2 is 2.06 bits per heavy atom. The Morgan fingerprint density at radius 3 is 2.56 bits per heavy atom. The van der Waals surface area contributed by atoms with Crippen LogP contribution in [0.2, 0.25) is 5.02 Å². The Kier molecular flexibility index (Phi) is 3.27. The Balaban J connectivity index is 2.29. The smallest absolute Gasteiger partial charge is 0.0608 e. The molecule has 1 fully saturated rings. The first kappa shape index (κ1) is 11.9. The summed E-state index contributed by atoms with van der Waals surface area (Å²) in [5.74, 6) is 0.469. The summed E-state index contributed by atoms with van der Waals surface area (Å²) in [6.45, 7) is 4.34. The molecule has 0 amide bonds. The average Bonchev–Trinajstić information content (AvgIpc) is 2.27. The molecule has 88 valence electrons. The fourth-order valence-electron chi connectivity index (χ4n) is 3.17. The molecular weight excluding hydrogens is 220 g/mol. The topological polar surface area (TPSA) is 20.2 Å². The van der Waals surface area contributed by atoms with E-state index in [-0.39, 0.29) is 11.5 Å². The summed E-state index contributed by atoms with van der Waals surface area (Å²) in [6, 6.07) is 8.07. The summed E-state index contributed by atoms with van der Waals surface area (Å²) < 4.78 is 0. The van der Waals surface area contributed by atoms with E-state index in [4.69, 9.17) is 11.6 Å². The molecule has 0 aromatic heterocycles. The molecule has 2 atom stereocenters.